The maximum atomic E-state index is 4.24. The minimum atomic E-state index is 0.833. The Morgan fingerprint density at radius 1 is 1.46 bits per heavy atom. The molecule has 0 radical (unpaired) electrons. The van der Waals surface area contributed by atoms with Crippen LogP contribution >= 0.6 is 0 Å². The number of nitrogens with zero attached hydrogens (tertiary/aromatic N) is 2. The molecule has 3 heteroatoms. The fourth-order valence-electron chi connectivity index (χ4n) is 1.18. The molecule has 1 aromatic rings. The van der Waals surface area contributed by atoms with Crippen LogP contribution in [0.3, 0.4) is 0 Å². The fraction of sp³-hybridized carbons (Fsp3) is 0.400. The number of nitrogens with one attached hydrogen (secondary N) is 1. The smallest absolute Gasteiger partial charge is 0.146 e. The highest BCUT2D eigenvalue weighted by molar-refractivity contribution is 5.89. The Hall–Kier alpha value is -1.38. The van der Waals surface area contributed by atoms with Gasteiger partial charge in [-0.1, -0.05) is 0 Å². The van der Waals surface area contributed by atoms with Crippen molar-refractivity contribution >= 4 is 11.5 Å². The van der Waals surface area contributed by atoms with E-state index in [4.69, 9.17) is 0 Å². The van der Waals surface area contributed by atoms with Crippen LogP contribution in [0.5, 0.6) is 0 Å². The van der Waals surface area contributed by atoms with Gasteiger partial charge in [0, 0.05) is 11.9 Å². The van der Waals surface area contributed by atoms with E-state index < -0.39 is 0 Å². The molecule has 1 fully saturated rings. The molecule has 68 valence electrons. The van der Waals surface area contributed by atoms with E-state index in [0.29, 0.717) is 0 Å². The molecule has 3 nitrogen and oxygen atoms in total. The Bertz CT molecular complexity index is 325. The lowest BCUT2D eigenvalue weighted by molar-refractivity contribution is 0.798. The third kappa shape index (κ3) is 2.05. The van der Waals surface area contributed by atoms with Crippen molar-refractivity contribution in [2.24, 2.45) is 5.10 Å². The molecule has 1 heterocycles. The van der Waals surface area contributed by atoms with Gasteiger partial charge in [0.15, 0.2) is 0 Å². The monoisotopic (exact) mass is 175 g/mol. The standard InChI is InChI=1S/C10H13N3/c1-8-5-6-11-10(7-8)13-12-9-3-2-4-9/h5-7H,2-4H2,1H3,(H,11,13). The summed E-state index contributed by atoms with van der Waals surface area (Å²) >= 11 is 0. The van der Waals surface area contributed by atoms with Crippen molar-refractivity contribution in [1.82, 2.24) is 4.98 Å². The molecule has 0 aliphatic heterocycles. The lowest BCUT2D eigenvalue weighted by Crippen LogP contribution is -2.11. The molecule has 0 amide bonds. The molecule has 2 rings (SSSR count). The molecule has 13 heavy (non-hydrogen) atoms. The minimum absolute atomic E-state index is 0.833. The summed E-state index contributed by atoms with van der Waals surface area (Å²) in [4.78, 5) is 4.15. The van der Waals surface area contributed by atoms with Crippen LogP contribution in [0.1, 0.15) is 24.8 Å². The maximum Gasteiger partial charge on any atom is 0.146 e. The second-order valence-electron chi connectivity index (χ2n) is 3.36. The van der Waals surface area contributed by atoms with Crippen molar-refractivity contribution in [2.75, 3.05) is 5.43 Å². The fourth-order valence-corrected chi connectivity index (χ4v) is 1.18. The molecule has 1 aromatic heterocycles. The molecular weight excluding hydrogens is 162 g/mol. The lowest BCUT2D eigenvalue weighted by atomic mass is 9.98. The van der Waals surface area contributed by atoms with E-state index in [1.54, 1.807) is 6.20 Å². The second-order valence-corrected chi connectivity index (χ2v) is 3.36. The molecule has 1 N–H and O–H groups in total. The zero-order valence-electron chi connectivity index (χ0n) is 7.75. The van der Waals surface area contributed by atoms with Crippen LogP contribution < -0.4 is 5.43 Å². The van der Waals surface area contributed by atoms with Crippen LogP contribution in [0.25, 0.3) is 0 Å². The largest absolute Gasteiger partial charge is 0.261 e. The predicted octanol–water partition coefficient (Wildman–Crippen LogP) is 2.34. The van der Waals surface area contributed by atoms with Gasteiger partial charge >= 0.3 is 0 Å². The summed E-state index contributed by atoms with van der Waals surface area (Å²) in [6, 6.07) is 3.96. The molecule has 0 atom stereocenters. The van der Waals surface area contributed by atoms with Crippen molar-refractivity contribution in [3.63, 3.8) is 0 Å². The number of hydrogen-bond donors (Lipinski definition) is 1. The van der Waals surface area contributed by atoms with E-state index in [0.717, 1.165) is 18.7 Å². The van der Waals surface area contributed by atoms with Crippen molar-refractivity contribution in [2.45, 2.75) is 26.2 Å². The summed E-state index contributed by atoms with van der Waals surface area (Å²) in [6.07, 6.45) is 5.35. The van der Waals surface area contributed by atoms with Crippen molar-refractivity contribution in [3.05, 3.63) is 23.9 Å². The summed E-state index contributed by atoms with van der Waals surface area (Å²) in [5.74, 6) is 0.833. The van der Waals surface area contributed by atoms with E-state index in [2.05, 4.69) is 15.5 Å². The number of pyridine rings is 1. The van der Waals surface area contributed by atoms with Crippen molar-refractivity contribution < 1.29 is 0 Å². The molecular formula is C10H13N3. The summed E-state index contributed by atoms with van der Waals surface area (Å²) in [6.45, 7) is 2.04. The zero-order chi connectivity index (χ0) is 9.10. The van der Waals surface area contributed by atoms with Gasteiger partial charge < -0.3 is 0 Å². The van der Waals surface area contributed by atoms with E-state index in [9.17, 15) is 0 Å². The summed E-state index contributed by atoms with van der Waals surface area (Å²) in [5, 5.41) is 4.24. The van der Waals surface area contributed by atoms with Crippen LogP contribution in [-0.2, 0) is 0 Å². The zero-order valence-corrected chi connectivity index (χ0v) is 7.75. The molecule has 0 saturated heterocycles. The average molecular weight is 175 g/mol. The van der Waals surface area contributed by atoms with Gasteiger partial charge in [-0.05, 0) is 43.9 Å². The molecule has 1 aliphatic rings. The van der Waals surface area contributed by atoms with Crippen LogP contribution in [0, 0.1) is 6.92 Å². The van der Waals surface area contributed by atoms with Gasteiger partial charge in [0.2, 0.25) is 0 Å². The third-order valence-corrected chi connectivity index (χ3v) is 2.17. The Morgan fingerprint density at radius 2 is 2.31 bits per heavy atom. The SMILES string of the molecule is Cc1ccnc(NN=C2CCC2)c1. The van der Waals surface area contributed by atoms with Gasteiger partial charge in [0.1, 0.15) is 5.82 Å². The third-order valence-electron chi connectivity index (χ3n) is 2.17. The minimum Gasteiger partial charge on any atom is -0.261 e. The number of aromatic nitrogens is 1. The molecule has 1 aliphatic carbocycles. The number of rotatable bonds is 2. The van der Waals surface area contributed by atoms with Gasteiger partial charge in [-0.25, -0.2) is 4.98 Å². The summed E-state index contributed by atoms with van der Waals surface area (Å²) in [5.41, 5.74) is 5.42. The number of hydrazone groups is 1. The van der Waals surface area contributed by atoms with E-state index in [1.165, 1.54) is 17.7 Å². The van der Waals surface area contributed by atoms with E-state index in [-0.39, 0.29) is 0 Å². The normalized spacial score (nSPS) is 15.0. The van der Waals surface area contributed by atoms with E-state index >= 15 is 0 Å². The Kier molecular flexibility index (Phi) is 2.25. The summed E-state index contributed by atoms with van der Waals surface area (Å²) < 4.78 is 0. The first-order valence-electron chi connectivity index (χ1n) is 4.59. The molecule has 1 saturated carbocycles. The van der Waals surface area contributed by atoms with Gasteiger partial charge in [-0.3, -0.25) is 5.43 Å². The van der Waals surface area contributed by atoms with Crippen LogP contribution in [0.15, 0.2) is 23.4 Å². The molecule has 0 unspecified atom stereocenters. The molecule has 0 spiro atoms. The first-order valence-corrected chi connectivity index (χ1v) is 4.59. The van der Waals surface area contributed by atoms with Crippen LogP contribution in [0.4, 0.5) is 5.82 Å². The Balaban J connectivity index is 2.01. The predicted molar refractivity (Wildman–Crippen MR) is 53.9 cm³/mol. The Morgan fingerprint density at radius 3 is 2.92 bits per heavy atom. The highest BCUT2D eigenvalue weighted by atomic mass is 15.3. The quantitative estimate of drug-likeness (QED) is 0.700. The van der Waals surface area contributed by atoms with Gasteiger partial charge in [-0.2, -0.15) is 5.10 Å². The van der Waals surface area contributed by atoms with Gasteiger partial charge in [0.05, 0.1) is 0 Å². The van der Waals surface area contributed by atoms with Gasteiger partial charge in [0.25, 0.3) is 0 Å². The van der Waals surface area contributed by atoms with Crippen LogP contribution in [0.2, 0.25) is 0 Å². The maximum absolute atomic E-state index is 4.24. The average Bonchev–Trinajstić information content (AvgIpc) is 2.01. The topological polar surface area (TPSA) is 37.3 Å². The molecule has 0 bridgehead atoms. The highest BCUT2D eigenvalue weighted by Crippen LogP contribution is 2.14. The van der Waals surface area contributed by atoms with E-state index in [1.807, 2.05) is 19.1 Å². The first kappa shape index (κ1) is 8.23. The molecule has 0 aromatic carbocycles. The van der Waals surface area contributed by atoms with Gasteiger partial charge in [-0.15, -0.1) is 0 Å². The van der Waals surface area contributed by atoms with Crippen molar-refractivity contribution in [3.8, 4) is 0 Å². The highest BCUT2D eigenvalue weighted by Gasteiger charge is 2.09. The van der Waals surface area contributed by atoms with Crippen LogP contribution in [-0.4, -0.2) is 10.7 Å². The Labute approximate surface area is 77.9 Å². The number of anilines is 1. The lowest BCUT2D eigenvalue weighted by Gasteiger charge is -2.14. The second kappa shape index (κ2) is 3.56. The number of aryl methyl sites for hydroxylation is 1. The number of hydrogen-bond acceptors (Lipinski definition) is 3. The van der Waals surface area contributed by atoms with Crippen molar-refractivity contribution in [1.29, 1.82) is 0 Å². The first-order chi connectivity index (χ1) is 6.34. The summed E-state index contributed by atoms with van der Waals surface area (Å²) in [7, 11) is 0.